The maximum atomic E-state index is 12.8. The third-order valence-corrected chi connectivity index (χ3v) is 6.85. The Morgan fingerprint density at radius 2 is 1.84 bits per heavy atom. The molecule has 0 radical (unpaired) electrons. The first-order chi connectivity index (χ1) is 15.5. The number of rotatable bonds is 7. The van der Waals surface area contributed by atoms with Crippen molar-refractivity contribution in [2.24, 2.45) is 0 Å². The van der Waals surface area contributed by atoms with Gasteiger partial charge in [0.25, 0.3) is 0 Å². The Bertz CT molecular complexity index is 1020. The molecule has 32 heavy (non-hydrogen) atoms. The number of hydrogen-bond donors (Lipinski definition) is 1. The van der Waals surface area contributed by atoms with Crippen LogP contribution in [0.3, 0.4) is 0 Å². The maximum Gasteiger partial charge on any atom is 0.333 e. The third kappa shape index (κ3) is 4.50. The molecule has 2 aliphatic rings. The smallest absolute Gasteiger partial charge is 0.333 e. The van der Waals surface area contributed by atoms with Gasteiger partial charge in [-0.3, -0.25) is 9.59 Å². The minimum absolute atomic E-state index is 0.0870. The molecule has 7 nitrogen and oxygen atoms in total. The van der Waals surface area contributed by atoms with Crippen molar-refractivity contribution in [3.8, 4) is 5.75 Å². The monoisotopic (exact) mass is 452 g/mol. The standard InChI is InChI=1S/C24H24N2O5S/c1-15-14-32-23-20(25-19(27)12-16-6-4-3-5-7-16)22(28)26(23)21(15)24(29)31-13-17-8-10-18(30-2)11-9-17/h3-11,20-21,23H,1,12-14H2,2H3,(H,25,27). The zero-order chi connectivity index (χ0) is 22.7. The summed E-state index contributed by atoms with van der Waals surface area (Å²) in [4.78, 5) is 39.5. The Kier molecular flexibility index (Phi) is 6.50. The second-order valence-electron chi connectivity index (χ2n) is 7.67. The van der Waals surface area contributed by atoms with Gasteiger partial charge in [0.05, 0.1) is 13.5 Å². The number of amides is 2. The van der Waals surface area contributed by atoms with E-state index in [1.54, 1.807) is 19.2 Å². The molecule has 3 unspecified atom stereocenters. The lowest BCUT2D eigenvalue weighted by molar-refractivity contribution is -0.164. The number of thioether (sulfide) groups is 1. The van der Waals surface area contributed by atoms with Crippen LogP contribution in [-0.2, 0) is 32.1 Å². The van der Waals surface area contributed by atoms with Crippen molar-refractivity contribution in [2.75, 3.05) is 12.9 Å². The van der Waals surface area contributed by atoms with Gasteiger partial charge >= 0.3 is 5.97 Å². The molecule has 166 valence electrons. The van der Waals surface area contributed by atoms with E-state index in [4.69, 9.17) is 9.47 Å². The first kappa shape index (κ1) is 22.0. The number of methoxy groups -OCH3 is 1. The van der Waals surface area contributed by atoms with Crippen LogP contribution in [0, 0.1) is 0 Å². The molecule has 2 aromatic rings. The molecule has 1 N–H and O–H groups in total. The van der Waals surface area contributed by atoms with E-state index in [1.165, 1.54) is 16.7 Å². The Hall–Kier alpha value is -3.26. The Balaban J connectivity index is 1.36. The molecule has 2 saturated heterocycles. The lowest BCUT2D eigenvalue weighted by Crippen LogP contribution is -2.74. The van der Waals surface area contributed by atoms with Gasteiger partial charge in [0, 0.05) is 5.75 Å². The van der Waals surface area contributed by atoms with Crippen molar-refractivity contribution >= 4 is 29.5 Å². The highest BCUT2D eigenvalue weighted by Crippen LogP contribution is 2.40. The molecular weight excluding hydrogens is 428 g/mol. The molecule has 4 rings (SSSR count). The van der Waals surface area contributed by atoms with Crippen molar-refractivity contribution < 1.29 is 23.9 Å². The van der Waals surface area contributed by atoms with Crippen molar-refractivity contribution in [1.29, 1.82) is 0 Å². The number of fused-ring (bicyclic) bond motifs is 1. The number of β-lactam (4-membered cyclic amide) rings is 1. The van der Waals surface area contributed by atoms with E-state index in [0.717, 1.165) is 11.1 Å². The summed E-state index contributed by atoms with van der Waals surface area (Å²) in [5.74, 6) is 0.196. The lowest BCUT2D eigenvalue weighted by atomic mass is 9.98. The molecule has 0 aliphatic carbocycles. The fourth-order valence-corrected chi connectivity index (χ4v) is 5.09. The van der Waals surface area contributed by atoms with Gasteiger partial charge in [-0.25, -0.2) is 4.79 Å². The molecule has 2 aliphatic heterocycles. The van der Waals surface area contributed by atoms with Crippen LogP contribution in [0.2, 0.25) is 0 Å². The van der Waals surface area contributed by atoms with Crippen LogP contribution in [0.1, 0.15) is 11.1 Å². The van der Waals surface area contributed by atoms with Crippen LogP contribution < -0.4 is 10.1 Å². The number of esters is 1. The second kappa shape index (κ2) is 9.48. The summed E-state index contributed by atoms with van der Waals surface area (Å²) in [6.45, 7) is 4.06. The number of ether oxygens (including phenoxy) is 2. The van der Waals surface area contributed by atoms with Crippen LogP contribution in [0.25, 0.3) is 0 Å². The van der Waals surface area contributed by atoms with Crippen molar-refractivity contribution in [1.82, 2.24) is 10.2 Å². The lowest BCUT2D eigenvalue weighted by Gasteiger charge is -2.52. The van der Waals surface area contributed by atoms with Gasteiger partial charge in [-0.05, 0) is 28.8 Å². The number of nitrogens with zero attached hydrogens (tertiary/aromatic N) is 1. The number of carbonyl (C=O) groups excluding carboxylic acids is 3. The summed E-state index contributed by atoms with van der Waals surface area (Å²) in [6.07, 6.45) is 0.196. The Morgan fingerprint density at radius 3 is 2.53 bits per heavy atom. The van der Waals surface area contributed by atoms with Crippen LogP contribution in [-0.4, -0.2) is 53.0 Å². The summed E-state index contributed by atoms with van der Waals surface area (Å²) in [5.41, 5.74) is 2.30. The Morgan fingerprint density at radius 1 is 1.12 bits per heavy atom. The zero-order valence-corrected chi connectivity index (χ0v) is 18.5. The van der Waals surface area contributed by atoms with Crippen molar-refractivity contribution in [2.45, 2.75) is 30.5 Å². The summed E-state index contributed by atoms with van der Waals surface area (Å²) in [7, 11) is 1.58. The summed E-state index contributed by atoms with van der Waals surface area (Å²) in [5, 5.41) is 2.50. The average Bonchev–Trinajstić information content (AvgIpc) is 2.81. The summed E-state index contributed by atoms with van der Waals surface area (Å²) in [6, 6.07) is 15.1. The molecular formula is C24H24N2O5S. The van der Waals surface area contributed by atoms with Gasteiger partial charge in [-0.2, -0.15) is 0 Å². The van der Waals surface area contributed by atoms with Crippen LogP contribution in [0.5, 0.6) is 5.75 Å². The first-order valence-electron chi connectivity index (χ1n) is 10.2. The molecule has 3 atom stereocenters. The predicted octanol–water partition coefficient (Wildman–Crippen LogP) is 2.31. The van der Waals surface area contributed by atoms with Gasteiger partial charge in [-0.15, -0.1) is 11.8 Å². The largest absolute Gasteiger partial charge is 0.497 e. The SMILES string of the molecule is C=C1CSC2C(NC(=O)Cc3ccccc3)C(=O)N2C1C(=O)OCc1ccc(OC)cc1. The average molecular weight is 453 g/mol. The van der Waals surface area contributed by atoms with Crippen molar-refractivity contribution in [3.63, 3.8) is 0 Å². The minimum Gasteiger partial charge on any atom is -0.497 e. The zero-order valence-electron chi connectivity index (χ0n) is 17.7. The van der Waals surface area contributed by atoms with E-state index in [1.807, 2.05) is 42.5 Å². The molecule has 2 amide bonds. The molecule has 0 spiro atoms. The highest BCUT2D eigenvalue weighted by atomic mass is 32.2. The van der Waals surface area contributed by atoms with E-state index >= 15 is 0 Å². The topological polar surface area (TPSA) is 84.9 Å². The Labute approximate surface area is 190 Å². The number of carbonyl (C=O) groups is 3. The van der Waals surface area contributed by atoms with E-state index in [9.17, 15) is 14.4 Å². The van der Waals surface area contributed by atoms with E-state index in [2.05, 4.69) is 11.9 Å². The minimum atomic E-state index is -0.839. The fourth-order valence-electron chi connectivity index (χ4n) is 3.78. The van der Waals surface area contributed by atoms with Crippen LogP contribution in [0.15, 0.2) is 66.7 Å². The maximum absolute atomic E-state index is 12.8. The van der Waals surface area contributed by atoms with Gasteiger partial charge < -0.3 is 19.7 Å². The second-order valence-corrected chi connectivity index (χ2v) is 8.78. The molecule has 8 heteroatoms. The number of benzene rings is 2. The van der Waals surface area contributed by atoms with Crippen LogP contribution in [0.4, 0.5) is 0 Å². The number of hydrogen-bond acceptors (Lipinski definition) is 6. The van der Waals surface area contributed by atoms with E-state index in [-0.39, 0.29) is 30.2 Å². The first-order valence-corrected chi connectivity index (χ1v) is 11.3. The van der Waals surface area contributed by atoms with Crippen LogP contribution >= 0.6 is 11.8 Å². The van der Waals surface area contributed by atoms with Gasteiger partial charge in [0.2, 0.25) is 11.8 Å². The van der Waals surface area contributed by atoms with Gasteiger partial charge in [-0.1, -0.05) is 49.0 Å². The molecule has 0 aromatic heterocycles. The highest BCUT2D eigenvalue weighted by molar-refractivity contribution is 8.00. The predicted molar refractivity (Wildman–Crippen MR) is 121 cm³/mol. The summed E-state index contributed by atoms with van der Waals surface area (Å²) >= 11 is 1.49. The third-order valence-electron chi connectivity index (χ3n) is 5.47. The quantitative estimate of drug-likeness (QED) is 0.394. The molecule has 0 saturated carbocycles. The normalized spacial score (nSPS) is 21.9. The van der Waals surface area contributed by atoms with Crippen molar-refractivity contribution in [3.05, 3.63) is 77.9 Å². The van der Waals surface area contributed by atoms with E-state index in [0.29, 0.717) is 17.1 Å². The van der Waals surface area contributed by atoms with Gasteiger partial charge in [0.15, 0.2) is 6.04 Å². The fraction of sp³-hybridized carbons (Fsp3) is 0.292. The molecule has 2 aromatic carbocycles. The molecule has 0 bridgehead atoms. The summed E-state index contributed by atoms with van der Waals surface area (Å²) < 4.78 is 10.6. The van der Waals surface area contributed by atoms with Gasteiger partial charge in [0.1, 0.15) is 23.8 Å². The highest BCUT2D eigenvalue weighted by Gasteiger charge is 2.56. The molecule has 2 fully saturated rings. The molecule has 2 heterocycles. The number of nitrogens with one attached hydrogen (secondary N) is 1. The van der Waals surface area contributed by atoms with E-state index < -0.39 is 18.1 Å².